The number of methoxy groups -OCH3 is 2. The van der Waals surface area contributed by atoms with Crippen molar-refractivity contribution in [3.8, 4) is 11.1 Å². The van der Waals surface area contributed by atoms with Gasteiger partial charge < -0.3 is 39.5 Å². The molecule has 0 bridgehead atoms. The van der Waals surface area contributed by atoms with Gasteiger partial charge >= 0.3 is 18.2 Å². The minimum atomic E-state index is -0.536. The van der Waals surface area contributed by atoms with Gasteiger partial charge in [-0.15, -0.1) is 0 Å². The Labute approximate surface area is 364 Å². The monoisotopic (exact) mass is 856 g/mol. The van der Waals surface area contributed by atoms with Gasteiger partial charge in [0.25, 0.3) is 5.56 Å². The smallest absolute Gasteiger partial charge is 0.410 e. The number of nitrogens with two attached hydrogens (primary N) is 1. The molecule has 4 N–H and O–H groups in total. The Morgan fingerprint density at radius 2 is 1.32 bits per heavy atom. The van der Waals surface area contributed by atoms with Crippen molar-refractivity contribution in [1.82, 2.24) is 34.1 Å². The fourth-order valence-corrected chi connectivity index (χ4v) is 5.67. The molecule has 2 aromatic carbocycles. The van der Waals surface area contributed by atoms with Gasteiger partial charge in [0.05, 0.1) is 26.0 Å². The quantitative estimate of drug-likeness (QED) is 0.0418. The maximum Gasteiger partial charge on any atom is 0.410 e. The number of nitrogens with zero attached hydrogens (tertiary/aromatic N) is 5. The Balaban J connectivity index is 0.000000291. The Morgan fingerprint density at radius 3 is 1.74 bits per heavy atom. The van der Waals surface area contributed by atoms with Crippen LogP contribution in [-0.2, 0) is 36.8 Å². The van der Waals surface area contributed by atoms with Crippen molar-refractivity contribution >= 4 is 35.5 Å². The third-order valence-corrected chi connectivity index (χ3v) is 8.71. The first-order valence-corrected chi connectivity index (χ1v) is 20.6. The number of nitrogen functional groups attached to an aromatic ring is 1. The van der Waals surface area contributed by atoms with Crippen LogP contribution in [0.2, 0.25) is 0 Å². The fraction of sp³-hybridized carbons (Fsp3) is 0.435. The molecule has 0 aliphatic rings. The van der Waals surface area contributed by atoms with Crippen molar-refractivity contribution in [2.75, 3.05) is 33.0 Å². The zero-order valence-corrected chi connectivity index (χ0v) is 37.8. The van der Waals surface area contributed by atoms with E-state index >= 15 is 0 Å². The molecule has 0 atom stereocenters. The zero-order chi connectivity index (χ0) is 45.9. The highest BCUT2D eigenvalue weighted by Gasteiger charge is 2.23. The molecule has 336 valence electrons. The summed E-state index contributed by atoms with van der Waals surface area (Å²) >= 11 is 0. The number of benzene rings is 2. The lowest BCUT2D eigenvalue weighted by Gasteiger charge is -2.27. The topological polar surface area (TPSA) is 199 Å². The molecule has 0 saturated carbocycles. The number of H-pyrrole nitrogens is 2. The second-order valence-corrected chi connectivity index (χ2v) is 16.3. The van der Waals surface area contributed by atoms with Crippen molar-refractivity contribution in [3.05, 3.63) is 113 Å². The van der Waals surface area contributed by atoms with Gasteiger partial charge in [-0.3, -0.25) is 14.2 Å². The number of rotatable bonds is 14. The number of aromatic amines is 2. The molecule has 16 nitrogen and oxygen atoms in total. The van der Waals surface area contributed by atoms with Crippen LogP contribution < -0.4 is 11.3 Å². The average molecular weight is 857 g/mol. The van der Waals surface area contributed by atoms with E-state index < -0.39 is 17.2 Å². The van der Waals surface area contributed by atoms with Crippen LogP contribution in [0, 0.1) is 0 Å². The van der Waals surface area contributed by atoms with E-state index in [1.807, 2.05) is 90.1 Å². The molecule has 5 aromatic rings. The van der Waals surface area contributed by atoms with E-state index in [0.717, 1.165) is 42.4 Å². The van der Waals surface area contributed by atoms with E-state index in [-0.39, 0.29) is 17.7 Å². The van der Waals surface area contributed by atoms with Crippen LogP contribution in [0.1, 0.15) is 97.8 Å². The largest absolute Gasteiger partial charge is 0.503 e. The molecular weight excluding hydrogens is 793 g/mol. The molecule has 2 amide bonds. The Hall–Kier alpha value is -6.58. The van der Waals surface area contributed by atoms with Gasteiger partial charge in [0.15, 0.2) is 5.95 Å². The number of imidazole rings is 2. The lowest BCUT2D eigenvalue weighted by molar-refractivity contribution is -0.133. The molecule has 0 saturated heterocycles. The van der Waals surface area contributed by atoms with E-state index in [4.69, 9.17) is 24.7 Å². The molecule has 0 aliphatic heterocycles. The highest BCUT2D eigenvalue weighted by atomic mass is 16.6. The van der Waals surface area contributed by atoms with Gasteiger partial charge in [0, 0.05) is 57.2 Å². The molecule has 0 fully saturated rings. The van der Waals surface area contributed by atoms with Crippen molar-refractivity contribution in [1.29, 1.82) is 0 Å². The van der Waals surface area contributed by atoms with Gasteiger partial charge in [-0.2, -0.15) is 0 Å². The summed E-state index contributed by atoms with van der Waals surface area (Å²) in [4.78, 5) is 65.8. The van der Waals surface area contributed by atoms with Crippen molar-refractivity contribution in [2.24, 2.45) is 0 Å². The predicted molar refractivity (Wildman–Crippen MR) is 241 cm³/mol. The van der Waals surface area contributed by atoms with Gasteiger partial charge in [0.1, 0.15) is 16.8 Å². The van der Waals surface area contributed by atoms with Crippen LogP contribution in [0.5, 0.6) is 0 Å². The maximum absolute atomic E-state index is 12.6. The van der Waals surface area contributed by atoms with Crippen LogP contribution >= 0.6 is 0 Å². The molecule has 0 spiro atoms. The number of aromatic nitrogens is 5. The van der Waals surface area contributed by atoms with Gasteiger partial charge in [0.2, 0.25) is 5.78 Å². The van der Waals surface area contributed by atoms with Crippen molar-refractivity contribution < 1.29 is 33.3 Å². The van der Waals surface area contributed by atoms with Crippen molar-refractivity contribution in [3.63, 3.8) is 0 Å². The van der Waals surface area contributed by atoms with Crippen LogP contribution in [0.25, 0.3) is 22.5 Å². The molecule has 0 aliphatic carbocycles. The maximum atomic E-state index is 12.6. The zero-order valence-electron chi connectivity index (χ0n) is 37.8. The number of unbranched alkanes of at least 4 members (excludes halogenated alkanes) is 2. The fourth-order valence-electron chi connectivity index (χ4n) is 5.67. The second kappa shape index (κ2) is 24.0. The lowest BCUT2D eigenvalue weighted by atomic mass is 10.0. The van der Waals surface area contributed by atoms with Crippen LogP contribution in [0.4, 0.5) is 15.5 Å². The van der Waals surface area contributed by atoms with Gasteiger partial charge in [-0.25, -0.2) is 24.4 Å². The third kappa shape index (κ3) is 16.8. The summed E-state index contributed by atoms with van der Waals surface area (Å²) < 4.78 is 22.6. The van der Waals surface area contributed by atoms with Crippen LogP contribution in [0.15, 0.2) is 90.6 Å². The molecule has 0 radical (unpaired) electrons. The van der Waals surface area contributed by atoms with Crippen LogP contribution in [-0.4, -0.2) is 90.8 Å². The lowest BCUT2D eigenvalue weighted by Crippen LogP contribution is -2.37. The number of fused-ring (bicyclic) bond motifs is 1. The highest BCUT2D eigenvalue weighted by Crippen LogP contribution is 2.21. The Morgan fingerprint density at radius 1 is 0.790 bits per heavy atom. The molecular formula is C46H64N8O8. The first-order chi connectivity index (χ1) is 29.4. The summed E-state index contributed by atoms with van der Waals surface area (Å²) in [7, 11) is 2.80. The Bertz CT molecular complexity index is 2220. The number of amides is 2. The first-order valence-electron chi connectivity index (χ1n) is 20.6. The highest BCUT2D eigenvalue weighted by molar-refractivity contribution is 6.16. The first kappa shape index (κ1) is 49.8. The minimum absolute atomic E-state index is 0.185. The summed E-state index contributed by atoms with van der Waals surface area (Å²) in [6.45, 7) is 17.5. The van der Waals surface area contributed by atoms with E-state index in [1.165, 1.54) is 20.5 Å². The number of esters is 1. The molecule has 3 heterocycles. The third-order valence-electron chi connectivity index (χ3n) is 8.71. The number of ether oxygens (including phenoxy) is 4. The number of hydrogen-bond acceptors (Lipinski definition) is 11. The number of nitrogens with one attached hydrogen (secondary N) is 2. The van der Waals surface area contributed by atoms with Gasteiger partial charge in [-0.1, -0.05) is 75.2 Å². The molecule has 3 aromatic heterocycles. The molecule has 16 heteroatoms. The summed E-state index contributed by atoms with van der Waals surface area (Å²) in [6, 6.07) is 15.1. The minimum Gasteiger partial charge on any atom is -0.503 e. The van der Waals surface area contributed by atoms with Crippen LogP contribution in [0.3, 0.4) is 0 Å². The van der Waals surface area contributed by atoms with E-state index in [9.17, 15) is 19.2 Å². The summed E-state index contributed by atoms with van der Waals surface area (Å²) in [5.74, 6) is 0.511. The average Bonchev–Trinajstić information content (AvgIpc) is 3.90. The SMILES string of the molecule is CCCCN(Cc1ccc(-c2cn3ccnc3[nH]c2=O)cc1)C(=O)OC(C)(C)C.CCCCN(Cc1ccc(/C(=C\OC)C(=O)OC)cc1)C(=O)OC(C)(C)C.Nc1ncc[nH]1. The molecule has 5 rings (SSSR count). The number of hydrogen-bond donors (Lipinski definition) is 3. The van der Waals surface area contributed by atoms with E-state index in [1.54, 1.807) is 45.2 Å². The van der Waals surface area contributed by atoms with Crippen molar-refractivity contribution in [2.45, 2.75) is 105 Å². The second-order valence-electron chi connectivity index (χ2n) is 16.3. The molecule has 62 heavy (non-hydrogen) atoms. The Kier molecular flexibility index (Phi) is 19.3. The number of anilines is 1. The summed E-state index contributed by atoms with van der Waals surface area (Å²) in [6.07, 6.45) is 13.0. The predicted octanol–water partition coefficient (Wildman–Crippen LogP) is 8.60. The van der Waals surface area contributed by atoms with E-state index in [0.29, 0.717) is 54.6 Å². The standard InChI is InChI=1S/C22H28N4O3.C21H31NO5.C3H5N3/c1-5-6-12-26(21(28)29-22(2,3)4)14-16-7-9-17(10-8-16)18-15-25-13-11-23-20(25)24-19(18)27;1-7-8-13-22(20(24)27-21(2,3)4)14-16-9-11-17(12-10-16)18(15-25-5)19(23)26-6;4-3-5-1-2-6-3/h7-11,13,15H,5-6,12,14H2,1-4H3,(H,23,24,27);9-12,15H,7-8,13-14H2,1-6H3;1-2H,(H3,4,5,6)/b;18-15+;. The summed E-state index contributed by atoms with van der Waals surface area (Å²) in [5, 5.41) is 0. The number of carbonyl (C=O) groups excluding carboxylic acids is 3. The number of carbonyl (C=O) groups is 3. The summed E-state index contributed by atoms with van der Waals surface area (Å²) in [5.41, 5.74) is 8.18. The molecule has 0 unspecified atom stereocenters. The normalized spacial score (nSPS) is 11.4. The van der Waals surface area contributed by atoms with Gasteiger partial charge in [-0.05, 0) is 76.6 Å². The van der Waals surface area contributed by atoms with E-state index in [2.05, 4.69) is 33.8 Å².